The number of ether oxygens (including phenoxy) is 1. The predicted molar refractivity (Wildman–Crippen MR) is 82.5 cm³/mol. The second kappa shape index (κ2) is 6.67. The summed E-state index contributed by atoms with van der Waals surface area (Å²) in [5.41, 5.74) is 1.28. The van der Waals surface area contributed by atoms with Gasteiger partial charge in [-0.2, -0.15) is 0 Å². The van der Waals surface area contributed by atoms with Crippen LogP contribution < -0.4 is 4.74 Å². The molecule has 0 bridgehead atoms. The van der Waals surface area contributed by atoms with Gasteiger partial charge in [-0.1, -0.05) is 18.2 Å². The predicted octanol–water partition coefficient (Wildman–Crippen LogP) is 3.27. The molecule has 2 aromatic rings. The molecule has 20 heavy (non-hydrogen) atoms. The van der Waals surface area contributed by atoms with Gasteiger partial charge in [0.2, 0.25) is 0 Å². The van der Waals surface area contributed by atoms with E-state index in [-0.39, 0.29) is 24.7 Å². The van der Waals surface area contributed by atoms with E-state index in [4.69, 9.17) is 9.84 Å². The lowest BCUT2D eigenvalue weighted by molar-refractivity contribution is -0.386. The number of nitrogens with zero attached hydrogens (tertiary/aromatic N) is 1. The van der Waals surface area contributed by atoms with E-state index in [9.17, 15) is 10.1 Å². The molecule has 0 aliphatic heterocycles. The molecule has 0 saturated carbocycles. The summed E-state index contributed by atoms with van der Waals surface area (Å²) in [6.07, 6.45) is 0. The quantitative estimate of drug-likeness (QED) is 0.487. The molecule has 0 radical (unpaired) electrons. The third-order valence-corrected chi connectivity index (χ3v) is 3.43. The number of nitro benzene ring substituents is 1. The van der Waals surface area contributed by atoms with Gasteiger partial charge in [-0.3, -0.25) is 10.1 Å². The summed E-state index contributed by atoms with van der Waals surface area (Å²) < 4.78 is 6.61. The molecule has 104 valence electrons. The fraction of sp³-hybridized carbons (Fsp3) is 0.143. The summed E-state index contributed by atoms with van der Waals surface area (Å²) in [5.74, 6) is 0.200. The highest BCUT2D eigenvalue weighted by Crippen LogP contribution is 2.28. The van der Waals surface area contributed by atoms with Crippen molar-refractivity contribution in [2.24, 2.45) is 0 Å². The van der Waals surface area contributed by atoms with Crippen LogP contribution in [0.4, 0.5) is 5.69 Å². The van der Waals surface area contributed by atoms with E-state index in [0.717, 1.165) is 9.13 Å². The lowest BCUT2D eigenvalue weighted by Gasteiger charge is -2.08. The van der Waals surface area contributed by atoms with Gasteiger partial charge < -0.3 is 9.84 Å². The van der Waals surface area contributed by atoms with Crippen LogP contribution in [0, 0.1) is 13.7 Å². The van der Waals surface area contributed by atoms with Gasteiger partial charge in [0.1, 0.15) is 6.61 Å². The number of rotatable bonds is 5. The Kier molecular flexibility index (Phi) is 4.91. The fourth-order valence-corrected chi connectivity index (χ4v) is 2.03. The lowest BCUT2D eigenvalue weighted by Crippen LogP contribution is -2.00. The van der Waals surface area contributed by atoms with Crippen LogP contribution in [0.15, 0.2) is 42.5 Å². The Balaban J connectivity index is 2.16. The third kappa shape index (κ3) is 3.67. The van der Waals surface area contributed by atoms with Crippen LogP contribution in [0.1, 0.15) is 11.1 Å². The number of hydrogen-bond donors (Lipinski definition) is 1. The molecule has 0 aliphatic carbocycles. The van der Waals surface area contributed by atoms with E-state index in [1.807, 2.05) is 24.3 Å². The van der Waals surface area contributed by atoms with E-state index in [0.29, 0.717) is 5.56 Å². The molecule has 0 saturated heterocycles. The van der Waals surface area contributed by atoms with E-state index in [1.54, 1.807) is 6.07 Å². The Morgan fingerprint density at radius 3 is 2.40 bits per heavy atom. The van der Waals surface area contributed by atoms with Crippen LogP contribution in [0.25, 0.3) is 0 Å². The van der Waals surface area contributed by atoms with E-state index in [2.05, 4.69) is 22.6 Å². The van der Waals surface area contributed by atoms with Gasteiger partial charge in [0.15, 0.2) is 5.75 Å². The van der Waals surface area contributed by atoms with Crippen molar-refractivity contribution in [1.29, 1.82) is 0 Å². The van der Waals surface area contributed by atoms with Crippen molar-refractivity contribution in [3.63, 3.8) is 0 Å². The largest absolute Gasteiger partial charge is 0.482 e. The zero-order chi connectivity index (χ0) is 14.5. The SMILES string of the molecule is O=[N+]([O-])c1cc(CO)ccc1OCc1ccc(I)cc1. The van der Waals surface area contributed by atoms with E-state index in [1.165, 1.54) is 12.1 Å². The lowest BCUT2D eigenvalue weighted by atomic mass is 10.2. The van der Waals surface area contributed by atoms with Gasteiger partial charge in [0, 0.05) is 9.64 Å². The molecule has 0 aliphatic rings. The first-order valence-electron chi connectivity index (χ1n) is 5.85. The Labute approximate surface area is 129 Å². The van der Waals surface area contributed by atoms with E-state index >= 15 is 0 Å². The highest BCUT2D eigenvalue weighted by Gasteiger charge is 2.15. The first-order valence-corrected chi connectivity index (χ1v) is 6.93. The summed E-state index contributed by atoms with van der Waals surface area (Å²) in [6.45, 7) is 0.0223. The first kappa shape index (κ1) is 14.7. The highest BCUT2D eigenvalue weighted by atomic mass is 127. The fourth-order valence-electron chi connectivity index (χ4n) is 1.67. The summed E-state index contributed by atoms with van der Waals surface area (Å²) >= 11 is 2.20. The monoisotopic (exact) mass is 385 g/mol. The van der Waals surface area contributed by atoms with Crippen molar-refractivity contribution in [1.82, 2.24) is 0 Å². The molecule has 0 heterocycles. The Morgan fingerprint density at radius 2 is 1.80 bits per heavy atom. The zero-order valence-electron chi connectivity index (χ0n) is 10.5. The summed E-state index contributed by atoms with van der Waals surface area (Å²) in [6, 6.07) is 12.2. The molecule has 1 N–H and O–H groups in total. The zero-order valence-corrected chi connectivity index (χ0v) is 12.6. The Morgan fingerprint density at radius 1 is 1.15 bits per heavy atom. The summed E-state index contributed by atoms with van der Waals surface area (Å²) in [4.78, 5) is 10.5. The Hall–Kier alpha value is -1.67. The van der Waals surface area contributed by atoms with Gasteiger partial charge in [0.25, 0.3) is 0 Å². The second-order valence-electron chi connectivity index (χ2n) is 4.13. The molecule has 5 nitrogen and oxygen atoms in total. The minimum absolute atomic E-state index is 0.137. The van der Waals surface area contributed by atoms with Crippen LogP contribution >= 0.6 is 22.6 Å². The van der Waals surface area contributed by atoms with Crippen molar-refractivity contribution in [2.75, 3.05) is 0 Å². The average Bonchev–Trinajstić information content (AvgIpc) is 2.46. The number of aliphatic hydroxyl groups is 1. The normalized spacial score (nSPS) is 10.3. The molecular weight excluding hydrogens is 373 g/mol. The van der Waals surface area contributed by atoms with Crippen molar-refractivity contribution in [2.45, 2.75) is 13.2 Å². The molecule has 2 rings (SSSR count). The summed E-state index contributed by atoms with van der Waals surface area (Å²) in [7, 11) is 0. The van der Waals surface area contributed by atoms with Crippen molar-refractivity contribution in [3.8, 4) is 5.75 Å². The molecular formula is C14H12INO4. The highest BCUT2D eigenvalue weighted by molar-refractivity contribution is 14.1. The van der Waals surface area contributed by atoms with E-state index < -0.39 is 4.92 Å². The minimum Gasteiger partial charge on any atom is -0.482 e. The maximum absolute atomic E-state index is 11.0. The molecule has 0 spiro atoms. The topological polar surface area (TPSA) is 72.6 Å². The van der Waals surface area contributed by atoms with Gasteiger partial charge in [0.05, 0.1) is 11.5 Å². The van der Waals surface area contributed by atoms with Gasteiger partial charge in [-0.25, -0.2) is 0 Å². The first-order chi connectivity index (χ1) is 9.60. The van der Waals surface area contributed by atoms with Crippen LogP contribution in [0.5, 0.6) is 5.75 Å². The maximum atomic E-state index is 11.0. The second-order valence-corrected chi connectivity index (χ2v) is 5.38. The van der Waals surface area contributed by atoms with Crippen LogP contribution in [0.3, 0.4) is 0 Å². The number of aliphatic hydroxyl groups excluding tert-OH is 1. The van der Waals surface area contributed by atoms with Crippen LogP contribution in [0.2, 0.25) is 0 Å². The Bertz CT molecular complexity index is 613. The molecule has 0 aromatic heterocycles. The van der Waals surface area contributed by atoms with Crippen molar-refractivity contribution in [3.05, 3.63) is 67.3 Å². The third-order valence-electron chi connectivity index (χ3n) is 2.71. The molecule has 2 aromatic carbocycles. The number of halogens is 1. The number of hydrogen-bond acceptors (Lipinski definition) is 4. The maximum Gasteiger partial charge on any atom is 0.311 e. The van der Waals surface area contributed by atoms with Crippen LogP contribution in [-0.2, 0) is 13.2 Å². The standard InChI is InChI=1S/C14H12INO4/c15-12-4-1-10(2-5-12)9-20-14-6-3-11(8-17)7-13(14)16(18)19/h1-7,17H,8-9H2. The van der Waals surface area contributed by atoms with Crippen LogP contribution in [-0.4, -0.2) is 10.0 Å². The smallest absolute Gasteiger partial charge is 0.311 e. The number of nitro groups is 1. The molecule has 6 heteroatoms. The minimum atomic E-state index is -0.511. The molecule has 0 fully saturated rings. The van der Waals surface area contributed by atoms with Gasteiger partial charge in [-0.15, -0.1) is 0 Å². The molecule has 0 amide bonds. The van der Waals surface area contributed by atoms with Gasteiger partial charge in [-0.05, 0) is 51.9 Å². The van der Waals surface area contributed by atoms with Crippen molar-refractivity contribution >= 4 is 28.3 Å². The average molecular weight is 385 g/mol. The van der Waals surface area contributed by atoms with Gasteiger partial charge >= 0.3 is 5.69 Å². The molecule has 0 unspecified atom stereocenters. The van der Waals surface area contributed by atoms with Crippen molar-refractivity contribution < 1.29 is 14.8 Å². The number of benzene rings is 2. The summed E-state index contributed by atoms with van der Waals surface area (Å²) in [5, 5.41) is 20.0. The molecule has 0 atom stereocenters.